The van der Waals surface area contributed by atoms with Crippen LogP contribution in [0.5, 0.6) is 0 Å². The molecule has 0 atom stereocenters. The van der Waals surface area contributed by atoms with E-state index < -0.39 is 0 Å². The molecule has 1 aliphatic heterocycles. The van der Waals surface area contributed by atoms with Gasteiger partial charge >= 0.3 is 0 Å². The minimum atomic E-state index is -0.0464. The summed E-state index contributed by atoms with van der Waals surface area (Å²) >= 11 is 3.38. The minimum absolute atomic E-state index is 0.0464. The van der Waals surface area contributed by atoms with Gasteiger partial charge in [0.25, 0.3) is 0 Å². The van der Waals surface area contributed by atoms with Gasteiger partial charge in [-0.1, -0.05) is 17.7 Å². The molecule has 2 fully saturated rings. The van der Waals surface area contributed by atoms with Crippen LogP contribution in [0.1, 0.15) is 31.2 Å². The van der Waals surface area contributed by atoms with Crippen LogP contribution in [-0.4, -0.2) is 35.2 Å². The maximum atomic E-state index is 9.37. The standard InChI is InChI=1S/C16H18BrNO/c17-14-3-1-12(2-4-14)9-13-5-7-18(8-6-13)15-10-16(19)11-15/h1,3,9,15-16,19H,5-8,10-11H2. The molecule has 1 N–H and O–H groups in total. The van der Waals surface area contributed by atoms with Crippen molar-refractivity contribution in [3.8, 4) is 0 Å². The van der Waals surface area contributed by atoms with Crippen LogP contribution < -0.4 is 0 Å². The lowest BCUT2D eigenvalue weighted by Crippen LogP contribution is -2.49. The zero-order chi connectivity index (χ0) is 13.2. The largest absolute Gasteiger partial charge is 0.393 e. The highest BCUT2D eigenvalue weighted by atomic mass is 79.9. The van der Waals surface area contributed by atoms with Crippen molar-refractivity contribution in [2.24, 2.45) is 0 Å². The fraction of sp³-hybridized carbons (Fsp3) is 0.500. The molecule has 3 heteroatoms. The Hall–Kier alpha value is -0.820. The van der Waals surface area contributed by atoms with Gasteiger partial charge in [0.2, 0.25) is 0 Å². The average molecular weight is 320 g/mol. The molecule has 1 aliphatic carbocycles. The van der Waals surface area contributed by atoms with Gasteiger partial charge in [-0.25, -0.2) is 0 Å². The Morgan fingerprint density at radius 2 is 1.95 bits per heavy atom. The highest BCUT2D eigenvalue weighted by Gasteiger charge is 2.33. The Bertz CT molecular complexity index is 452. The van der Waals surface area contributed by atoms with E-state index in [2.05, 4.69) is 45.1 Å². The van der Waals surface area contributed by atoms with Gasteiger partial charge < -0.3 is 5.11 Å². The highest BCUT2D eigenvalue weighted by molar-refractivity contribution is 9.10. The first-order valence-corrected chi connectivity index (χ1v) is 7.71. The Balaban J connectivity index is 1.56. The van der Waals surface area contributed by atoms with Crippen molar-refractivity contribution in [2.45, 2.75) is 37.8 Å². The fourth-order valence-corrected chi connectivity index (χ4v) is 3.09. The van der Waals surface area contributed by atoms with E-state index in [1.54, 1.807) is 0 Å². The van der Waals surface area contributed by atoms with Gasteiger partial charge in [0, 0.05) is 24.7 Å². The first-order chi connectivity index (χ1) is 9.20. The van der Waals surface area contributed by atoms with Crippen LogP contribution >= 0.6 is 15.9 Å². The lowest BCUT2D eigenvalue weighted by Gasteiger charge is -2.43. The number of piperidine rings is 1. The lowest BCUT2D eigenvalue weighted by atomic mass is 9.86. The number of nitrogens with zero attached hydrogens (tertiary/aromatic N) is 1. The number of likely N-dealkylation sites (tertiary alicyclic amines) is 1. The minimum Gasteiger partial charge on any atom is -0.393 e. The third-order valence-electron chi connectivity index (χ3n) is 4.14. The molecule has 1 aromatic rings. The smallest absolute Gasteiger partial charge is 0.0678 e. The van der Waals surface area contributed by atoms with Crippen LogP contribution in [-0.2, 0) is 0 Å². The third-order valence-corrected chi connectivity index (χ3v) is 4.60. The second kappa shape index (κ2) is 5.66. The van der Waals surface area contributed by atoms with Crippen molar-refractivity contribution in [3.63, 3.8) is 0 Å². The van der Waals surface area contributed by atoms with Gasteiger partial charge in [0.1, 0.15) is 0 Å². The van der Waals surface area contributed by atoms with E-state index >= 15 is 0 Å². The molecule has 0 radical (unpaired) electrons. The van der Waals surface area contributed by atoms with Gasteiger partial charge in [0.15, 0.2) is 0 Å². The first-order valence-electron chi connectivity index (χ1n) is 6.92. The van der Waals surface area contributed by atoms with E-state index in [4.69, 9.17) is 0 Å². The van der Waals surface area contributed by atoms with Crippen LogP contribution in [0.15, 0.2) is 22.2 Å². The molecule has 1 saturated carbocycles. The fourth-order valence-electron chi connectivity index (χ4n) is 2.86. The topological polar surface area (TPSA) is 23.5 Å². The number of aliphatic hydroxyl groups excluding tert-OH is 1. The van der Waals surface area contributed by atoms with Crippen molar-refractivity contribution in [2.75, 3.05) is 13.1 Å². The van der Waals surface area contributed by atoms with Crippen LogP contribution in [0, 0.1) is 12.1 Å². The SMILES string of the molecule is OC1CC(N2CCC(=Cc3c#cc(Br)cc3)CC2)C1. The summed E-state index contributed by atoms with van der Waals surface area (Å²) in [7, 11) is 0. The van der Waals surface area contributed by atoms with Crippen LogP contribution in [0.3, 0.4) is 0 Å². The molecule has 0 unspecified atom stereocenters. The second-order valence-electron chi connectivity index (χ2n) is 5.50. The molecule has 1 aromatic carbocycles. The molecule has 19 heavy (non-hydrogen) atoms. The summed E-state index contributed by atoms with van der Waals surface area (Å²) in [6, 6.07) is 10.9. The molecule has 0 amide bonds. The monoisotopic (exact) mass is 319 g/mol. The molecule has 0 bridgehead atoms. The summed E-state index contributed by atoms with van der Waals surface area (Å²) in [5, 5.41) is 9.37. The Morgan fingerprint density at radius 1 is 1.21 bits per heavy atom. The number of halogens is 1. The first kappa shape index (κ1) is 13.2. The third kappa shape index (κ3) is 3.20. The number of hydrogen-bond donors (Lipinski definition) is 1. The van der Waals surface area contributed by atoms with E-state index in [1.807, 2.05) is 6.07 Å². The Kier molecular flexibility index (Phi) is 3.93. The van der Waals surface area contributed by atoms with Crippen molar-refractivity contribution in [3.05, 3.63) is 39.9 Å². The molecule has 2 aliphatic rings. The van der Waals surface area contributed by atoms with E-state index in [0.29, 0.717) is 6.04 Å². The lowest BCUT2D eigenvalue weighted by molar-refractivity contribution is -0.00125. The normalized spacial score (nSPS) is 27.6. The van der Waals surface area contributed by atoms with Crippen LogP contribution in [0.25, 0.3) is 6.08 Å². The van der Waals surface area contributed by atoms with Crippen molar-refractivity contribution in [1.82, 2.24) is 4.90 Å². The molecular weight excluding hydrogens is 302 g/mol. The van der Waals surface area contributed by atoms with Gasteiger partial charge in [0.05, 0.1) is 10.6 Å². The Labute approximate surface area is 123 Å². The van der Waals surface area contributed by atoms with Gasteiger partial charge in [-0.3, -0.25) is 4.90 Å². The van der Waals surface area contributed by atoms with E-state index in [0.717, 1.165) is 48.8 Å². The summed E-state index contributed by atoms with van der Waals surface area (Å²) in [5.74, 6) is 0. The number of aliphatic hydroxyl groups is 1. The molecule has 0 spiro atoms. The summed E-state index contributed by atoms with van der Waals surface area (Å²) in [5.41, 5.74) is 2.62. The van der Waals surface area contributed by atoms with Gasteiger partial charge in [-0.05, 0) is 59.8 Å². The summed E-state index contributed by atoms with van der Waals surface area (Å²) in [6.07, 6.45) is 6.40. The predicted molar refractivity (Wildman–Crippen MR) is 79.6 cm³/mol. The molecular formula is C16H18BrNO. The van der Waals surface area contributed by atoms with Gasteiger partial charge in [-0.2, -0.15) is 0 Å². The number of rotatable bonds is 2. The predicted octanol–water partition coefficient (Wildman–Crippen LogP) is 3.05. The van der Waals surface area contributed by atoms with E-state index in [9.17, 15) is 5.11 Å². The van der Waals surface area contributed by atoms with E-state index in [1.165, 1.54) is 5.57 Å². The zero-order valence-electron chi connectivity index (χ0n) is 10.9. The van der Waals surface area contributed by atoms with Gasteiger partial charge in [-0.15, -0.1) is 0 Å². The molecule has 100 valence electrons. The highest BCUT2D eigenvalue weighted by Crippen LogP contribution is 2.29. The molecule has 1 saturated heterocycles. The van der Waals surface area contributed by atoms with Crippen LogP contribution in [0.4, 0.5) is 0 Å². The average Bonchev–Trinajstić information content (AvgIpc) is 2.39. The summed E-state index contributed by atoms with van der Waals surface area (Å²) < 4.78 is 0.952. The molecule has 1 heterocycles. The van der Waals surface area contributed by atoms with Crippen molar-refractivity contribution >= 4 is 22.0 Å². The summed E-state index contributed by atoms with van der Waals surface area (Å²) in [6.45, 7) is 2.26. The van der Waals surface area contributed by atoms with Crippen molar-refractivity contribution in [1.29, 1.82) is 0 Å². The Morgan fingerprint density at radius 3 is 2.53 bits per heavy atom. The molecule has 0 aromatic heterocycles. The van der Waals surface area contributed by atoms with Crippen molar-refractivity contribution < 1.29 is 5.11 Å². The second-order valence-corrected chi connectivity index (χ2v) is 6.36. The quantitative estimate of drug-likeness (QED) is 0.905. The number of hydrogen-bond acceptors (Lipinski definition) is 2. The maximum absolute atomic E-state index is 9.37. The maximum Gasteiger partial charge on any atom is 0.0678 e. The molecule has 2 nitrogen and oxygen atoms in total. The summed E-state index contributed by atoms with van der Waals surface area (Å²) in [4.78, 5) is 2.53. The van der Waals surface area contributed by atoms with Crippen LogP contribution in [0.2, 0.25) is 0 Å². The zero-order valence-corrected chi connectivity index (χ0v) is 12.5. The molecule has 3 rings (SSSR count). The van der Waals surface area contributed by atoms with E-state index in [-0.39, 0.29) is 6.10 Å².